The molecule has 0 aliphatic carbocycles. The molecule has 1 aliphatic heterocycles. The molecule has 0 unspecified atom stereocenters. The Morgan fingerprint density at radius 2 is 1.66 bits per heavy atom. The lowest BCUT2D eigenvalue weighted by Crippen LogP contribution is -2.48. The molecule has 4 aromatic rings. The van der Waals surface area contributed by atoms with Gasteiger partial charge in [0.1, 0.15) is 5.82 Å². The van der Waals surface area contributed by atoms with Crippen molar-refractivity contribution in [1.82, 2.24) is 9.55 Å². The van der Waals surface area contributed by atoms with Crippen molar-refractivity contribution in [2.75, 3.05) is 43.1 Å². The number of esters is 1. The number of carbonyl (C=O) groups is 1. The highest BCUT2D eigenvalue weighted by molar-refractivity contribution is 6.30. The summed E-state index contributed by atoms with van der Waals surface area (Å²) >= 11 is 6.08. The van der Waals surface area contributed by atoms with Crippen molar-refractivity contribution in [3.05, 3.63) is 93.5 Å². The monoisotopic (exact) mass is 492 g/mol. The first-order chi connectivity index (χ1) is 17.0. The average molecular weight is 493 g/mol. The van der Waals surface area contributed by atoms with Crippen molar-refractivity contribution in [1.29, 1.82) is 0 Å². The SMILES string of the molecule is COC(=O)c1ccc2c(=O)n(-c3ccc(Cl)cc3)c(N3CCN(c4ccccc4F)CC3)nc2c1. The second-order valence-electron chi connectivity index (χ2n) is 8.18. The van der Waals surface area contributed by atoms with Crippen molar-refractivity contribution in [3.63, 3.8) is 0 Å². The van der Waals surface area contributed by atoms with E-state index < -0.39 is 5.97 Å². The van der Waals surface area contributed by atoms with Crippen molar-refractivity contribution in [2.45, 2.75) is 0 Å². The van der Waals surface area contributed by atoms with Gasteiger partial charge >= 0.3 is 5.97 Å². The molecule has 9 heteroatoms. The average Bonchev–Trinajstić information content (AvgIpc) is 2.89. The number of anilines is 2. The molecule has 0 spiro atoms. The summed E-state index contributed by atoms with van der Waals surface area (Å²) in [6.07, 6.45) is 0. The molecule has 178 valence electrons. The van der Waals surface area contributed by atoms with E-state index in [1.807, 2.05) is 15.9 Å². The Kier molecular flexibility index (Phi) is 6.13. The summed E-state index contributed by atoms with van der Waals surface area (Å²) < 4.78 is 20.7. The molecular weight excluding hydrogens is 471 g/mol. The van der Waals surface area contributed by atoms with Crippen LogP contribution >= 0.6 is 11.6 Å². The van der Waals surface area contributed by atoms with Gasteiger partial charge in [0.2, 0.25) is 5.95 Å². The minimum Gasteiger partial charge on any atom is -0.465 e. The standard InChI is InChI=1S/C26H22ClFN4O3/c1-35-25(34)17-6-11-20-22(16-17)29-26(32(24(20)33)19-9-7-18(27)8-10-19)31-14-12-30(13-15-31)23-5-3-2-4-21(23)28/h2-11,16H,12-15H2,1H3. The second kappa shape index (κ2) is 9.38. The van der Waals surface area contributed by atoms with Crippen LogP contribution in [0.5, 0.6) is 0 Å². The van der Waals surface area contributed by atoms with Crippen LogP contribution in [0.15, 0.2) is 71.5 Å². The molecule has 3 aromatic carbocycles. The number of fused-ring (bicyclic) bond motifs is 1. The van der Waals surface area contributed by atoms with Crippen LogP contribution in [0.4, 0.5) is 16.0 Å². The van der Waals surface area contributed by atoms with Crippen molar-refractivity contribution in [3.8, 4) is 5.69 Å². The highest BCUT2D eigenvalue weighted by Crippen LogP contribution is 2.25. The number of aromatic nitrogens is 2. The van der Waals surface area contributed by atoms with Gasteiger partial charge in [-0.1, -0.05) is 23.7 Å². The van der Waals surface area contributed by atoms with Gasteiger partial charge in [-0.15, -0.1) is 0 Å². The number of para-hydroxylation sites is 1. The number of hydrogen-bond donors (Lipinski definition) is 0. The van der Waals surface area contributed by atoms with Crippen molar-refractivity contribution >= 4 is 40.1 Å². The minimum absolute atomic E-state index is 0.264. The zero-order valence-electron chi connectivity index (χ0n) is 18.9. The highest BCUT2D eigenvalue weighted by Gasteiger charge is 2.24. The van der Waals surface area contributed by atoms with E-state index in [0.29, 0.717) is 65.0 Å². The Hall–Kier alpha value is -3.91. The molecule has 1 aromatic heterocycles. The van der Waals surface area contributed by atoms with E-state index in [2.05, 4.69) is 0 Å². The molecule has 2 heterocycles. The topological polar surface area (TPSA) is 67.7 Å². The van der Waals surface area contributed by atoms with Gasteiger partial charge in [-0.2, -0.15) is 0 Å². The van der Waals surface area contributed by atoms with Crippen LogP contribution < -0.4 is 15.4 Å². The summed E-state index contributed by atoms with van der Waals surface area (Å²) in [6.45, 7) is 2.16. The predicted octanol–water partition coefficient (Wildman–Crippen LogP) is 4.29. The van der Waals surface area contributed by atoms with Gasteiger partial charge in [-0.3, -0.25) is 4.79 Å². The Bertz CT molecular complexity index is 1460. The lowest BCUT2D eigenvalue weighted by Gasteiger charge is -2.37. The van der Waals surface area contributed by atoms with Gasteiger partial charge < -0.3 is 14.5 Å². The fourth-order valence-corrected chi connectivity index (χ4v) is 4.44. The van der Waals surface area contributed by atoms with Gasteiger partial charge in [0.25, 0.3) is 5.56 Å². The van der Waals surface area contributed by atoms with Gasteiger partial charge in [0.15, 0.2) is 0 Å². The first kappa shape index (κ1) is 22.9. The van der Waals surface area contributed by atoms with E-state index in [1.165, 1.54) is 13.2 Å². The van der Waals surface area contributed by atoms with Crippen LogP contribution in [-0.4, -0.2) is 48.8 Å². The number of halogens is 2. The lowest BCUT2D eigenvalue weighted by molar-refractivity contribution is 0.0601. The Balaban J connectivity index is 1.59. The number of nitrogens with zero attached hydrogens (tertiary/aromatic N) is 4. The number of ether oxygens (including phenoxy) is 1. The molecule has 0 N–H and O–H groups in total. The third-order valence-electron chi connectivity index (χ3n) is 6.11. The van der Waals surface area contributed by atoms with E-state index in [1.54, 1.807) is 59.2 Å². The first-order valence-electron chi connectivity index (χ1n) is 11.1. The van der Waals surface area contributed by atoms with E-state index in [0.717, 1.165) is 0 Å². The fraction of sp³-hybridized carbons (Fsp3) is 0.192. The third-order valence-corrected chi connectivity index (χ3v) is 6.37. The van der Waals surface area contributed by atoms with Crippen LogP contribution in [0.2, 0.25) is 5.02 Å². The zero-order chi connectivity index (χ0) is 24.5. The van der Waals surface area contributed by atoms with Crippen LogP contribution in [0, 0.1) is 5.82 Å². The molecule has 35 heavy (non-hydrogen) atoms. The maximum Gasteiger partial charge on any atom is 0.337 e. The van der Waals surface area contributed by atoms with Crippen LogP contribution in [0.3, 0.4) is 0 Å². The Labute approximate surface area is 205 Å². The molecule has 0 saturated carbocycles. The number of piperazine rings is 1. The fourth-order valence-electron chi connectivity index (χ4n) is 4.31. The molecule has 1 aliphatic rings. The van der Waals surface area contributed by atoms with Gasteiger partial charge in [-0.05, 0) is 54.6 Å². The molecule has 5 rings (SSSR count). The number of hydrogen-bond acceptors (Lipinski definition) is 6. The second-order valence-corrected chi connectivity index (χ2v) is 8.61. The molecular formula is C26H22ClFN4O3. The number of rotatable bonds is 4. The largest absolute Gasteiger partial charge is 0.465 e. The summed E-state index contributed by atoms with van der Waals surface area (Å²) in [4.78, 5) is 34.5. The van der Waals surface area contributed by atoms with E-state index >= 15 is 0 Å². The van der Waals surface area contributed by atoms with Crippen LogP contribution in [0.1, 0.15) is 10.4 Å². The molecule has 1 saturated heterocycles. The van der Waals surface area contributed by atoms with Gasteiger partial charge in [-0.25, -0.2) is 18.7 Å². The smallest absolute Gasteiger partial charge is 0.337 e. The molecule has 1 fully saturated rings. The Morgan fingerprint density at radius 3 is 2.34 bits per heavy atom. The van der Waals surface area contributed by atoms with E-state index in [-0.39, 0.29) is 11.4 Å². The van der Waals surface area contributed by atoms with Gasteiger partial charge in [0, 0.05) is 31.2 Å². The summed E-state index contributed by atoms with van der Waals surface area (Å²) in [5.74, 6) is -0.325. The molecule has 0 atom stereocenters. The lowest BCUT2D eigenvalue weighted by atomic mass is 10.1. The first-order valence-corrected chi connectivity index (χ1v) is 11.5. The maximum atomic E-state index is 14.3. The molecule has 0 radical (unpaired) electrons. The van der Waals surface area contributed by atoms with E-state index in [4.69, 9.17) is 21.3 Å². The summed E-state index contributed by atoms with van der Waals surface area (Å²) in [5.41, 5.74) is 1.62. The summed E-state index contributed by atoms with van der Waals surface area (Å²) in [6, 6.07) is 18.3. The Morgan fingerprint density at radius 1 is 0.971 bits per heavy atom. The molecule has 0 bridgehead atoms. The number of methoxy groups -OCH3 is 1. The number of benzene rings is 3. The zero-order valence-corrected chi connectivity index (χ0v) is 19.7. The maximum absolute atomic E-state index is 14.3. The highest BCUT2D eigenvalue weighted by atomic mass is 35.5. The third kappa shape index (κ3) is 4.33. The van der Waals surface area contributed by atoms with Crippen LogP contribution in [0.25, 0.3) is 16.6 Å². The van der Waals surface area contributed by atoms with Crippen LogP contribution in [-0.2, 0) is 4.74 Å². The van der Waals surface area contributed by atoms with E-state index in [9.17, 15) is 14.0 Å². The minimum atomic E-state index is -0.504. The molecule has 0 amide bonds. The quantitative estimate of drug-likeness (QED) is 0.396. The van der Waals surface area contributed by atoms with Gasteiger partial charge in [0.05, 0.1) is 35.0 Å². The normalized spacial score (nSPS) is 13.8. The molecule has 7 nitrogen and oxygen atoms in total. The van der Waals surface area contributed by atoms with Crippen molar-refractivity contribution in [2.24, 2.45) is 0 Å². The van der Waals surface area contributed by atoms with Crippen molar-refractivity contribution < 1.29 is 13.9 Å². The number of carbonyl (C=O) groups excluding carboxylic acids is 1. The summed E-state index contributed by atoms with van der Waals surface area (Å²) in [5, 5.41) is 0.930. The summed E-state index contributed by atoms with van der Waals surface area (Å²) in [7, 11) is 1.30. The predicted molar refractivity (Wildman–Crippen MR) is 135 cm³/mol.